The molecule has 0 saturated heterocycles. The Hall–Kier alpha value is -2.73. The molecule has 2 aromatic rings. The zero-order valence-corrected chi connectivity index (χ0v) is 14.0. The van der Waals surface area contributed by atoms with Crippen LogP contribution in [0.5, 0.6) is 0 Å². The Kier molecular flexibility index (Phi) is 6.45. The van der Waals surface area contributed by atoms with E-state index in [1.807, 2.05) is 31.1 Å². The van der Waals surface area contributed by atoms with Crippen LogP contribution >= 0.6 is 0 Å². The van der Waals surface area contributed by atoms with Gasteiger partial charge in [0.15, 0.2) is 0 Å². The number of nitrogens with zero attached hydrogens (tertiary/aromatic N) is 2. The summed E-state index contributed by atoms with van der Waals surface area (Å²) in [5.41, 5.74) is 1.85. The summed E-state index contributed by atoms with van der Waals surface area (Å²) < 4.78 is 0. The standard InChI is InChI=1S/C18H22N4O2/c1-22(2)10-9-20-17(23)15-6-3-7-16(11-15)18(24)21-13-14-5-4-8-19-12-14/h3-8,11-12H,9-10,13H2,1-2H3,(H,20,23)(H,21,24). The Bertz CT molecular complexity index is 686. The van der Waals surface area contributed by atoms with Crippen molar-refractivity contribution in [1.29, 1.82) is 0 Å². The van der Waals surface area contributed by atoms with Gasteiger partial charge in [-0.25, -0.2) is 0 Å². The fraction of sp³-hybridized carbons (Fsp3) is 0.278. The molecule has 0 fully saturated rings. The van der Waals surface area contributed by atoms with Crippen molar-refractivity contribution >= 4 is 11.8 Å². The molecule has 6 heteroatoms. The quantitative estimate of drug-likeness (QED) is 0.804. The maximum absolute atomic E-state index is 12.2. The van der Waals surface area contributed by atoms with E-state index in [0.29, 0.717) is 24.2 Å². The Balaban J connectivity index is 1.93. The van der Waals surface area contributed by atoms with Gasteiger partial charge in [-0.05, 0) is 43.9 Å². The Morgan fingerprint density at radius 2 is 1.75 bits per heavy atom. The molecule has 2 amide bonds. The molecule has 0 spiro atoms. The average molecular weight is 326 g/mol. The van der Waals surface area contributed by atoms with Crippen LogP contribution in [0, 0.1) is 0 Å². The molecule has 0 aliphatic rings. The number of pyridine rings is 1. The molecule has 0 saturated carbocycles. The highest BCUT2D eigenvalue weighted by Crippen LogP contribution is 2.06. The topological polar surface area (TPSA) is 74.3 Å². The molecule has 0 aliphatic heterocycles. The van der Waals surface area contributed by atoms with Crippen LogP contribution in [0.3, 0.4) is 0 Å². The molecule has 1 aromatic heterocycles. The summed E-state index contributed by atoms with van der Waals surface area (Å²) in [6.07, 6.45) is 3.39. The van der Waals surface area contributed by atoms with Crippen molar-refractivity contribution in [3.8, 4) is 0 Å². The maximum atomic E-state index is 12.2. The van der Waals surface area contributed by atoms with E-state index in [-0.39, 0.29) is 11.8 Å². The van der Waals surface area contributed by atoms with Crippen LogP contribution in [0.1, 0.15) is 26.3 Å². The maximum Gasteiger partial charge on any atom is 0.251 e. The van der Waals surface area contributed by atoms with Crippen molar-refractivity contribution in [2.75, 3.05) is 27.2 Å². The molecule has 6 nitrogen and oxygen atoms in total. The summed E-state index contributed by atoms with van der Waals surface area (Å²) in [7, 11) is 3.89. The zero-order valence-electron chi connectivity index (χ0n) is 14.0. The molecular formula is C18H22N4O2. The van der Waals surface area contributed by atoms with E-state index in [4.69, 9.17) is 0 Å². The second-order valence-electron chi connectivity index (χ2n) is 5.68. The van der Waals surface area contributed by atoms with Gasteiger partial charge < -0.3 is 15.5 Å². The summed E-state index contributed by atoms with van der Waals surface area (Å²) in [6.45, 7) is 1.71. The van der Waals surface area contributed by atoms with Crippen LogP contribution in [-0.2, 0) is 6.54 Å². The first-order valence-electron chi connectivity index (χ1n) is 7.76. The average Bonchev–Trinajstić information content (AvgIpc) is 2.60. The van der Waals surface area contributed by atoms with Crippen molar-refractivity contribution in [3.63, 3.8) is 0 Å². The molecule has 126 valence electrons. The fourth-order valence-corrected chi connectivity index (χ4v) is 2.08. The third kappa shape index (κ3) is 5.48. The number of benzene rings is 1. The van der Waals surface area contributed by atoms with E-state index in [1.165, 1.54) is 0 Å². The highest BCUT2D eigenvalue weighted by atomic mass is 16.2. The van der Waals surface area contributed by atoms with Crippen molar-refractivity contribution in [3.05, 3.63) is 65.5 Å². The SMILES string of the molecule is CN(C)CCNC(=O)c1cccc(C(=O)NCc2cccnc2)c1. The second-order valence-corrected chi connectivity index (χ2v) is 5.68. The van der Waals surface area contributed by atoms with Gasteiger partial charge in [-0.1, -0.05) is 12.1 Å². The minimum Gasteiger partial charge on any atom is -0.351 e. The summed E-state index contributed by atoms with van der Waals surface area (Å²) >= 11 is 0. The van der Waals surface area contributed by atoms with Crippen LogP contribution in [0.15, 0.2) is 48.8 Å². The molecule has 2 N–H and O–H groups in total. The predicted octanol–water partition coefficient (Wildman–Crippen LogP) is 1.30. The van der Waals surface area contributed by atoms with Crippen LogP contribution < -0.4 is 10.6 Å². The summed E-state index contributed by atoms with van der Waals surface area (Å²) in [4.78, 5) is 30.3. The number of carbonyl (C=O) groups is 2. The van der Waals surface area contributed by atoms with Gasteiger partial charge in [-0.2, -0.15) is 0 Å². The first-order valence-corrected chi connectivity index (χ1v) is 7.76. The number of rotatable bonds is 7. The Morgan fingerprint density at radius 1 is 1.04 bits per heavy atom. The number of hydrogen-bond acceptors (Lipinski definition) is 4. The van der Waals surface area contributed by atoms with Gasteiger partial charge in [0.25, 0.3) is 11.8 Å². The van der Waals surface area contributed by atoms with Crippen LogP contribution in [0.4, 0.5) is 0 Å². The molecule has 0 bridgehead atoms. The number of carbonyl (C=O) groups excluding carboxylic acids is 2. The number of likely N-dealkylation sites (N-methyl/N-ethyl adjacent to an activating group) is 1. The molecule has 1 heterocycles. The predicted molar refractivity (Wildman–Crippen MR) is 92.7 cm³/mol. The van der Waals surface area contributed by atoms with Crippen LogP contribution in [-0.4, -0.2) is 48.9 Å². The van der Waals surface area contributed by atoms with Gasteiger partial charge in [0.05, 0.1) is 0 Å². The summed E-state index contributed by atoms with van der Waals surface area (Å²) in [5, 5.41) is 5.66. The lowest BCUT2D eigenvalue weighted by Crippen LogP contribution is -2.31. The molecule has 0 aliphatic carbocycles. The number of nitrogens with one attached hydrogen (secondary N) is 2. The lowest BCUT2D eigenvalue weighted by Gasteiger charge is -2.11. The highest BCUT2D eigenvalue weighted by molar-refractivity contribution is 5.99. The second kappa shape index (κ2) is 8.79. The van der Waals surface area contributed by atoms with E-state index < -0.39 is 0 Å². The summed E-state index contributed by atoms with van der Waals surface area (Å²) in [5.74, 6) is -0.402. The third-order valence-electron chi connectivity index (χ3n) is 3.41. The molecule has 24 heavy (non-hydrogen) atoms. The van der Waals surface area contributed by atoms with Crippen LogP contribution in [0.25, 0.3) is 0 Å². The minimum atomic E-state index is -0.221. The smallest absolute Gasteiger partial charge is 0.251 e. The lowest BCUT2D eigenvalue weighted by molar-refractivity contribution is 0.0950. The van der Waals surface area contributed by atoms with E-state index in [0.717, 1.165) is 12.1 Å². The third-order valence-corrected chi connectivity index (χ3v) is 3.41. The molecule has 0 radical (unpaired) electrons. The molecule has 0 unspecified atom stereocenters. The van der Waals surface area contributed by atoms with Crippen molar-refractivity contribution in [2.24, 2.45) is 0 Å². The monoisotopic (exact) mass is 326 g/mol. The first kappa shape index (κ1) is 17.6. The first-order chi connectivity index (χ1) is 11.6. The largest absolute Gasteiger partial charge is 0.351 e. The minimum absolute atomic E-state index is 0.182. The normalized spacial score (nSPS) is 10.5. The van der Waals surface area contributed by atoms with Crippen molar-refractivity contribution in [2.45, 2.75) is 6.54 Å². The zero-order chi connectivity index (χ0) is 17.4. The molecule has 1 aromatic carbocycles. The van der Waals surface area contributed by atoms with Crippen molar-refractivity contribution < 1.29 is 9.59 Å². The molecule has 0 atom stereocenters. The van der Waals surface area contributed by atoms with E-state index in [2.05, 4.69) is 15.6 Å². The van der Waals surface area contributed by atoms with E-state index in [9.17, 15) is 9.59 Å². The van der Waals surface area contributed by atoms with Crippen LogP contribution in [0.2, 0.25) is 0 Å². The van der Waals surface area contributed by atoms with Gasteiger partial charge in [0.1, 0.15) is 0 Å². The van der Waals surface area contributed by atoms with Gasteiger partial charge in [0.2, 0.25) is 0 Å². The molecule has 2 rings (SSSR count). The van der Waals surface area contributed by atoms with Gasteiger partial charge in [-0.15, -0.1) is 0 Å². The van der Waals surface area contributed by atoms with Crippen molar-refractivity contribution in [1.82, 2.24) is 20.5 Å². The Morgan fingerprint density at radius 3 is 2.38 bits per heavy atom. The number of aromatic nitrogens is 1. The number of amides is 2. The van der Waals surface area contributed by atoms with E-state index >= 15 is 0 Å². The summed E-state index contributed by atoms with van der Waals surface area (Å²) in [6, 6.07) is 10.4. The Labute approximate surface area is 141 Å². The van der Waals surface area contributed by atoms with Gasteiger partial charge >= 0.3 is 0 Å². The van der Waals surface area contributed by atoms with Gasteiger partial charge in [0, 0.05) is 43.2 Å². The fourth-order valence-electron chi connectivity index (χ4n) is 2.08. The van der Waals surface area contributed by atoms with Gasteiger partial charge in [-0.3, -0.25) is 14.6 Å². The lowest BCUT2D eigenvalue weighted by atomic mass is 10.1. The van der Waals surface area contributed by atoms with E-state index in [1.54, 1.807) is 36.7 Å². The highest BCUT2D eigenvalue weighted by Gasteiger charge is 2.10. The number of hydrogen-bond donors (Lipinski definition) is 2. The molecular weight excluding hydrogens is 304 g/mol.